The number of fused-ring (bicyclic) bond motifs is 1. The fraction of sp³-hybridized carbons (Fsp3) is 0.286. The smallest absolute Gasteiger partial charge is 0.390 e. The minimum atomic E-state index is -0.760. The van der Waals surface area contributed by atoms with Gasteiger partial charge in [-0.25, -0.2) is 9.78 Å². The van der Waals surface area contributed by atoms with E-state index >= 15 is 0 Å². The number of aromatic amines is 1. The SMILES string of the molecule is Cn1c(=O)c2[nH]c([N+](=O)[O-])nc2n(C)c1=O. The van der Waals surface area contributed by atoms with Crippen LogP contribution in [0.15, 0.2) is 9.59 Å². The van der Waals surface area contributed by atoms with E-state index in [0.29, 0.717) is 0 Å². The Bertz CT molecular complexity index is 706. The quantitative estimate of drug-likeness (QED) is 0.486. The molecule has 0 saturated heterocycles. The van der Waals surface area contributed by atoms with Gasteiger partial charge in [-0.2, -0.15) is 0 Å². The number of H-pyrrole nitrogens is 1. The normalized spacial score (nSPS) is 10.9. The molecule has 0 saturated carbocycles. The minimum Gasteiger partial charge on any atom is -0.390 e. The summed E-state index contributed by atoms with van der Waals surface area (Å²) >= 11 is 0. The lowest BCUT2D eigenvalue weighted by Crippen LogP contribution is -2.36. The first-order valence-corrected chi connectivity index (χ1v) is 4.23. The van der Waals surface area contributed by atoms with Gasteiger partial charge in [0.15, 0.2) is 0 Å². The molecule has 0 radical (unpaired) electrons. The van der Waals surface area contributed by atoms with Crippen molar-refractivity contribution in [1.29, 1.82) is 0 Å². The molecule has 0 atom stereocenters. The van der Waals surface area contributed by atoms with Gasteiger partial charge in [0, 0.05) is 14.1 Å². The van der Waals surface area contributed by atoms with Crippen molar-refractivity contribution in [3.63, 3.8) is 0 Å². The lowest BCUT2D eigenvalue weighted by Gasteiger charge is -1.98. The third-order valence-electron chi connectivity index (χ3n) is 2.26. The first kappa shape index (κ1) is 10.1. The zero-order valence-electron chi connectivity index (χ0n) is 8.42. The van der Waals surface area contributed by atoms with Crippen LogP contribution in [-0.2, 0) is 14.1 Å². The first-order chi connectivity index (χ1) is 7.43. The number of nitrogens with one attached hydrogen (secondary N) is 1. The Labute approximate surface area is 87.1 Å². The monoisotopic (exact) mass is 225 g/mol. The minimum absolute atomic E-state index is 0.0280. The van der Waals surface area contributed by atoms with Crippen LogP contribution in [0, 0.1) is 10.1 Å². The van der Waals surface area contributed by atoms with Crippen molar-refractivity contribution in [2.24, 2.45) is 14.1 Å². The third kappa shape index (κ3) is 1.14. The molecule has 2 aromatic heterocycles. The van der Waals surface area contributed by atoms with Crippen LogP contribution in [0.2, 0.25) is 0 Å². The molecule has 0 spiro atoms. The molecular formula is C7H7N5O4. The molecule has 0 amide bonds. The number of rotatable bonds is 1. The van der Waals surface area contributed by atoms with Crippen molar-refractivity contribution in [1.82, 2.24) is 19.1 Å². The number of hydrogen-bond acceptors (Lipinski definition) is 5. The molecule has 2 aromatic rings. The van der Waals surface area contributed by atoms with Crippen LogP contribution in [0.25, 0.3) is 11.2 Å². The van der Waals surface area contributed by atoms with Crippen LogP contribution in [0.5, 0.6) is 0 Å². The Kier molecular flexibility index (Phi) is 1.90. The largest absolute Gasteiger partial charge is 0.435 e. The maximum absolute atomic E-state index is 11.6. The first-order valence-electron chi connectivity index (χ1n) is 4.23. The van der Waals surface area contributed by atoms with E-state index in [0.717, 1.165) is 9.13 Å². The van der Waals surface area contributed by atoms with E-state index in [2.05, 4.69) is 9.97 Å². The molecule has 9 nitrogen and oxygen atoms in total. The zero-order valence-corrected chi connectivity index (χ0v) is 8.42. The molecule has 0 aliphatic heterocycles. The van der Waals surface area contributed by atoms with E-state index in [-0.39, 0.29) is 11.2 Å². The number of hydrogen-bond donors (Lipinski definition) is 1. The summed E-state index contributed by atoms with van der Waals surface area (Å²) in [7, 11) is 2.67. The van der Waals surface area contributed by atoms with E-state index in [1.807, 2.05) is 0 Å². The predicted molar refractivity (Wildman–Crippen MR) is 53.2 cm³/mol. The summed E-state index contributed by atoms with van der Waals surface area (Å²) in [6.45, 7) is 0. The fourth-order valence-electron chi connectivity index (χ4n) is 1.40. The Morgan fingerprint density at radius 2 is 1.94 bits per heavy atom. The highest BCUT2D eigenvalue weighted by atomic mass is 16.6. The summed E-state index contributed by atoms with van der Waals surface area (Å²) in [5.74, 6) is -0.562. The van der Waals surface area contributed by atoms with Gasteiger partial charge in [-0.05, 0) is 9.91 Å². The van der Waals surface area contributed by atoms with Gasteiger partial charge < -0.3 is 10.1 Å². The van der Waals surface area contributed by atoms with Crippen LogP contribution >= 0.6 is 0 Å². The average Bonchev–Trinajstić information content (AvgIpc) is 2.68. The molecule has 84 valence electrons. The van der Waals surface area contributed by atoms with E-state index in [1.54, 1.807) is 0 Å². The van der Waals surface area contributed by atoms with Crippen LogP contribution in [0.1, 0.15) is 0 Å². The number of aryl methyl sites for hydroxylation is 1. The maximum Gasteiger partial charge on any atom is 0.435 e. The zero-order chi connectivity index (χ0) is 12.0. The number of nitro groups is 1. The second-order valence-corrected chi connectivity index (χ2v) is 3.22. The van der Waals surface area contributed by atoms with Crippen LogP contribution in [0.3, 0.4) is 0 Å². The van der Waals surface area contributed by atoms with Gasteiger partial charge in [-0.1, -0.05) is 0 Å². The summed E-state index contributed by atoms with van der Waals surface area (Å²) in [5, 5.41) is 10.5. The predicted octanol–water partition coefficient (Wildman–Crippen LogP) is -1.13. The average molecular weight is 225 g/mol. The van der Waals surface area contributed by atoms with Gasteiger partial charge in [-0.3, -0.25) is 13.9 Å². The van der Waals surface area contributed by atoms with Crippen LogP contribution < -0.4 is 11.2 Å². The summed E-state index contributed by atoms with van der Waals surface area (Å²) in [6, 6.07) is 0. The summed E-state index contributed by atoms with van der Waals surface area (Å²) in [6.07, 6.45) is 0. The Morgan fingerprint density at radius 1 is 1.31 bits per heavy atom. The molecule has 2 heterocycles. The van der Waals surface area contributed by atoms with Crippen molar-refractivity contribution in [2.45, 2.75) is 0 Å². The van der Waals surface area contributed by atoms with Gasteiger partial charge >= 0.3 is 11.6 Å². The topological polar surface area (TPSA) is 116 Å². The number of nitrogens with zero attached hydrogens (tertiary/aromatic N) is 4. The summed E-state index contributed by atoms with van der Waals surface area (Å²) in [5.41, 5.74) is -1.31. The second-order valence-electron chi connectivity index (χ2n) is 3.22. The molecule has 0 bridgehead atoms. The molecule has 1 N–H and O–H groups in total. The Balaban J connectivity index is 3.04. The van der Waals surface area contributed by atoms with E-state index in [1.165, 1.54) is 14.1 Å². The van der Waals surface area contributed by atoms with E-state index < -0.39 is 22.1 Å². The van der Waals surface area contributed by atoms with Gasteiger partial charge in [0.2, 0.25) is 5.52 Å². The molecule has 0 aliphatic carbocycles. The highest BCUT2D eigenvalue weighted by molar-refractivity contribution is 5.71. The third-order valence-corrected chi connectivity index (χ3v) is 2.26. The Hall–Kier alpha value is -2.45. The van der Waals surface area contributed by atoms with Crippen molar-refractivity contribution >= 4 is 17.1 Å². The Morgan fingerprint density at radius 3 is 2.50 bits per heavy atom. The van der Waals surface area contributed by atoms with Gasteiger partial charge in [0.1, 0.15) is 0 Å². The van der Waals surface area contributed by atoms with Gasteiger partial charge in [-0.15, -0.1) is 0 Å². The van der Waals surface area contributed by atoms with E-state index in [4.69, 9.17) is 0 Å². The summed E-state index contributed by atoms with van der Waals surface area (Å²) < 4.78 is 1.92. The van der Waals surface area contributed by atoms with Crippen molar-refractivity contribution in [3.05, 3.63) is 31.0 Å². The highest BCUT2D eigenvalue weighted by Gasteiger charge is 2.20. The summed E-state index contributed by atoms with van der Waals surface area (Å²) in [4.78, 5) is 38.6. The molecular weight excluding hydrogens is 218 g/mol. The van der Waals surface area contributed by atoms with Crippen LogP contribution in [-0.4, -0.2) is 24.0 Å². The molecule has 2 rings (SSSR count). The lowest BCUT2D eigenvalue weighted by atomic mass is 10.5. The number of aromatic nitrogens is 4. The second kappa shape index (κ2) is 3.02. The number of imidazole rings is 1. The van der Waals surface area contributed by atoms with Crippen molar-refractivity contribution < 1.29 is 4.92 Å². The van der Waals surface area contributed by atoms with Gasteiger partial charge in [0.25, 0.3) is 11.2 Å². The van der Waals surface area contributed by atoms with Crippen molar-refractivity contribution in [2.75, 3.05) is 0 Å². The van der Waals surface area contributed by atoms with Crippen LogP contribution in [0.4, 0.5) is 5.95 Å². The molecule has 9 heteroatoms. The molecule has 0 fully saturated rings. The lowest BCUT2D eigenvalue weighted by molar-refractivity contribution is -0.393. The van der Waals surface area contributed by atoms with E-state index in [9.17, 15) is 19.7 Å². The molecule has 16 heavy (non-hydrogen) atoms. The standard InChI is InChI=1S/C7H7N5O4/c1-10-4-3(5(13)11(2)7(10)14)8-6(9-4)12(15)16/h1-2H3,(H,8,9). The maximum atomic E-state index is 11.6. The molecule has 0 aliphatic rings. The highest BCUT2D eigenvalue weighted by Crippen LogP contribution is 2.09. The van der Waals surface area contributed by atoms with Gasteiger partial charge in [0.05, 0.1) is 0 Å². The van der Waals surface area contributed by atoms with Crippen molar-refractivity contribution in [3.8, 4) is 0 Å². The molecule has 0 unspecified atom stereocenters. The fourth-order valence-corrected chi connectivity index (χ4v) is 1.40. The molecule has 0 aromatic carbocycles.